The summed E-state index contributed by atoms with van der Waals surface area (Å²) < 4.78 is 56.7. The number of benzene rings is 1. The van der Waals surface area contributed by atoms with Crippen LogP contribution < -0.4 is 9.80 Å². The van der Waals surface area contributed by atoms with E-state index >= 15 is 0 Å². The smallest absolute Gasteiger partial charge is 0.272 e. The number of hydrogen-bond donors (Lipinski definition) is 0. The van der Waals surface area contributed by atoms with E-state index in [9.17, 15) is 26.9 Å². The van der Waals surface area contributed by atoms with Gasteiger partial charge in [0.2, 0.25) is 10.0 Å². The van der Waals surface area contributed by atoms with E-state index in [1.165, 1.54) is 4.31 Å². The standard InChI is InChI=1S/C22H26BrN5O7S2/c1-3-18-15-20(28(29)30)16-21(22(18)26(8-6-23)13-14-35-36(2,31)32)37(33,34)27-11-9-25(10-12-27)19-5-4-7-24-17-19/h1,4-5,7,15-17H,6,8-14H2,2H3. The predicted molar refractivity (Wildman–Crippen MR) is 143 cm³/mol. The van der Waals surface area contributed by atoms with Crippen LogP contribution in [0, 0.1) is 22.5 Å². The molecule has 1 fully saturated rings. The van der Waals surface area contributed by atoms with Gasteiger partial charge in [-0.15, -0.1) is 6.42 Å². The van der Waals surface area contributed by atoms with Crippen molar-refractivity contribution in [1.82, 2.24) is 9.29 Å². The lowest BCUT2D eigenvalue weighted by atomic mass is 10.1. The minimum Gasteiger partial charge on any atom is -0.368 e. The summed E-state index contributed by atoms with van der Waals surface area (Å²) in [5, 5.41) is 12.0. The third kappa shape index (κ3) is 7.17. The van der Waals surface area contributed by atoms with Crippen molar-refractivity contribution >= 4 is 53.1 Å². The van der Waals surface area contributed by atoms with E-state index in [0.717, 1.165) is 24.1 Å². The van der Waals surface area contributed by atoms with E-state index in [4.69, 9.17) is 10.6 Å². The fraction of sp³-hybridized carbons (Fsp3) is 0.409. The van der Waals surface area contributed by atoms with Crippen LogP contribution in [0.5, 0.6) is 0 Å². The van der Waals surface area contributed by atoms with Crippen molar-refractivity contribution in [1.29, 1.82) is 0 Å². The van der Waals surface area contributed by atoms with Gasteiger partial charge < -0.3 is 9.80 Å². The molecular weight excluding hydrogens is 590 g/mol. The average molecular weight is 617 g/mol. The van der Waals surface area contributed by atoms with Crippen molar-refractivity contribution in [2.45, 2.75) is 4.90 Å². The predicted octanol–water partition coefficient (Wildman–Crippen LogP) is 1.66. The number of nitro benzene ring substituents is 1. The second-order valence-corrected chi connectivity index (χ2v) is 12.4. The van der Waals surface area contributed by atoms with E-state index in [2.05, 4.69) is 26.8 Å². The zero-order valence-corrected chi connectivity index (χ0v) is 23.2. The summed E-state index contributed by atoms with van der Waals surface area (Å²) in [5.74, 6) is 2.36. The van der Waals surface area contributed by atoms with Gasteiger partial charge in [0.05, 0.1) is 40.9 Å². The van der Waals surface area contributed by atoms with E-state index in [1.54, 1.807) is 23.4 Å². The van der Waals surface area contributed by atoms with Crippen LogP contribution in [0.15, 0.2) is 41.6 Å². The van der Waals surface area contributed by atoms with E-state index in [0.29, 0.717) is 18.4 Å². The van der Waals surface area contributed by atoms with Gasteiger partial charge in [-0.25, -0.2) is 8.42 Å². The van der Waals surface area contributed by atoms with Gasteiger partial charge in [-0.2, -0.15) is 12.7 Å². The summed E-state index contributed by atoms with van der Waals surface area (Å²) in [7, 11) is -7.97. The molecule has 200 valence electrons. The molecule has 1 aromatic heterocycles. The van der Waals surface area contributed by atoms with Crippen molar-refractivity contribution in [3.63, 3.8) is 0 Å². The molecule has 2 heterocycles. The lowest BCUT2D eigenvalue weighted by Crippen LogP contribution is -2.49. The maximum absolute atomic E-state index is 13.9. The van der Waals surface area contributed by atoms with Gasteiger partial charge in [0.25, 0.3) is 15.8 Å². The van der Waals surface area contributed by atoms with Crippen LogP contribution >= 0.6 is 15.9 Å². The number of non-ortho nitro benzene ring substituents is 1. The van der Waals surface area contributed by atoms with Crippen LogP contribution in [-0.4, -0.2) is 88.5 Å². The Morgan fingerprint density at radius 3 is 2.46 bits per heavy atom. The zero-order chi connectivity index (χ0) is 27.2. The quantitative estimate of drug-likeness (QED) is 0.120. The Bertz CT molecular complexity index is 1370. The second kappa shape index (κ2) is 12.2. The summed E-state index contributed by atoms with van der Waals surface area (Å²) in [6.45, 7) is 1.01. The van der Waals surface area contributed by atoms with Crippen molar-refractivity contribution in [3.05, 3.63) is 52.3 Å². The van der Waals surface area contributed by atoms with Crippen molar-refractivity contribution < 1.29 is 25.9 Å². The third-order valence-electron chi connectivity index (χ3n) is 5.62. The maximum atomic E-state index is 13.9. The summed E-state index contributed by atoms with van der Waals surface area (Å²) in [6.07, 6.45) is 9.91. The van der Waals surface area contributed by atoms with Gasteiger partial charge in [0, 0.05) is 62.9 Å². The number of nitro groups is 1. The highest BCUT2D eigenvalue weighted by atomic mass is 79.9. The molecule has 12 nitrogen and oxygen atoms in total. The number of nitrogens with zero attached hydrogens (tertiary/aromatic N) is 5. The zero-order valence-electron chi connectivity index (χ0n) is 20.0. The molecule has 0 aliphatic carbocycles. The highest BCUT2D eigenvalue weighted by molar-refractivity contribution is 9.09. The van der Waals surface area contributed by atoms with Crippen LogP contribution in [0.2, 0.25) is 0 Å². The molecule has 37 heavy (non-hydrogen) atoms. The highest BCUT2D eigenvalue weighted by Gasteiger charge is 2.34. The molecule has 0 saturated carbocycles. The summed E-state index contributed by atoms with van der Waals surface area (Å²) in [4.78, 5) is 18.3. The van der Waals surface area contributed by atoms with Gasteiger partial charge in [-0.3, -0.25) is 19.3 Å². The average Bonchev–Trinajstić information content (AvgIpc) is 2.87. The first-order chi connectivity index (χ1) is 17.5. The summed E-state index contributed by atoms with van der Waals surface area (Å²) in [5.41, 5.74) is 0.483. The number of hydrogen-bond acceptors (Lipinski definition) is 10. The van der Waals surface area contributed by atoms with Gasteiger partial charge >= 0.3 is 0 Å². The molecule has 15 heteroatoms. The van der Waals surface area contributed by atoms with Crippen molar-refractivity contribution in [3.8, 4) is 12.3 Å². The molecule has 1 aromatic carbocycles. The molecule has 2 aromatic rings. The SMILES string of the molecule is C#Cc1cc([N+](=O)[O-])cc(S(=O)(=O)N2CCN(c3cccnc3)CC2)c1N(CCBr)CCOS(C)(=O)=O. The number of sulfonamides is 1. The Hall–Kier alpha value is -2.77. The summed E-state index contributed by atoms with van der Waals surface area (Å²) >= 11 is 3.31. The molecule has 0 N–H and O–H groups in total. The molecular formula is C22H26BrN5O7S2. The monoisotopic (exact) mass is 615 g/mol. The van der Waals surface area contributed by atoms with Gasteiger partial charge in [-0.1, -0.05) is 21.9 Å². The minimum atomic E-state index is -4.23. The maximum Gasteiger partial charge on any atom is 0.272 e. The van der Waals surface area contributed by atoms with Crippen LogP contribution in [0.4, 0.5) is 17.1 Å². The van der Waals surface area contributed by atoms with Crippen LogP contribution in [0.25, 0.3) is 0 Å². The molecule has 0 bridgehead atoms. The molecule has 0 atom stereocenters. The van der Waals surface area contributed by atoms with Crippen LogP contribution in [-0.2, 0) is 24.3 Å². The molecule has 1 aliphatic heterocycles. The Morgan fingerprint density at radius 2 is 1.92 bits per heavy atom. The fourth-order valence-electron chi connectivity index (χ4n) is 3.93. The lowest BCUT2D eigenvalue weighted by Gasteiger charge is -2.36. The number of aromatic nitrogens is 1. The molecule has 0 unspecified atom stereocenters. The highest BCUT2D eigenvalue weighted by Crippen LogP contribution is 2.36. The van der Waals surface area contributed by atoms with Gasteiger partial charge in [0.15, 0.2) is 0 Å². The number of rotatable bonds is 11. The largest absolute Gasteiger partial charge is 0.368 e. The van der Waals surface area contributed by atoms with E-state index in [-0.39, 0.29) is 48.9 Å². The number of piperazine rings is 1. The Kier molecular flexibility index (Phi) is 9.48. The normalized spacial score (nSPS) is 14.8. The Labute approximate surface area is 224 Å². The second-order valence-electron chi connectivity index (χ2n) is 8.05. The first-order valence-corrected chi connectivity index (χ1v) is 15.4. The van der Waals surface area contributed by atoms with Crippen LogP contribution in [0.3, 0.4) is 0 Å². The fourth-order valence-corrected chi connectivity index (χ4v) is 6.42. The summed E-state index contributed by atoms with van der Waals surface area (Å²) in [6, 6.07) is 5.80. The number of anilines is 2. The van der Waals surface area contributed by atoms with Gasteiger partial charge in [0.1, 0.15) is 4.90 Å². The van der Waals surface area contributed by atoms with Crippen molar-refractivity contribution in [2.24, 2.45) is 0 Å². The minimum absolute atomic E-state index is 0.00192. The lowest BCUT2D eigenvalue weighted by molar-refractivity contribution is -0.385. The molecule has 0 radical (unpaired) electrons. The first kappa shape index (κ1) is 28.8. The van der Waals surface area contributed by atoms with Crippen LogP contribution in [0.1, 0.15) is 5.56 Å². The Morgan fingerprint density at radius 1 is 1.22 bits per heavy atom. The van der Waals surface area contributed by atoms with E-state index < -0.39 is 30.8 Å². The molecule has 3 rings (SSSR count). The molecule has 0 amide bonds. The number of alkyl halides is 1. The van der Waals surface area contributed by atoms with Gasteiger partial charge in [-0.05, 0) is 12.1 Å². The Balaban J connectivity index is 2.02. The topological polar surface area (TPSA) is 143 Å². The number of pyridine rings is 1. The first-order valence-electron chi connectivity index (χ1n) is 11.1. The molecule has 1 saturated heterocycles. The van der Waals surface area contributed by atoms with E-state index in [1.807, 2.05) is 11.0 Å². The number of terminal acetylenes is 1. The van der Waals surface area contributed by atoms with Crippen molar-refractivity contribution in [2.75, 3.05) is 67.3 Å². The molecule has 0 spiro atoms. The molecule has 1 aliphatic rings. The third-order valence-corrected chi connectivity index (χ3v) is 8.48. The number of halogens is 1.